The molecule has 134 valence electrons. The topological polar surface area (TPSA) is 34.0 Å². The first-order valence-corrected chi connectivity index (χ1v) is 9.99. The van der Waals surface area contributed by atoms with Gasteiger partial charge in [0.25, 0.3) is 0 Å². The molecular weight excluding hydrogens is 320 g/mol. The minimum Gasteiger partial charge on any atom is -0.331 e. The molecule has 0 amide bonds. The summed E-state index contributed by atoms with van der Waals surface area (Å²) in [6, 6.07) is 11.3. The number of imidazole rings is 1. The summed E-state index contributed by atoms with van der Waals surface area (Å²) >= 11 is 0. The quantitative estimate of drug-likeness (QED) is 0.706. The number of aromatic nitrogens is 3. The largest absolute Gasteiger partial charge is 0.331 e. The predicted molar refractivity (Wildman–Crippen MR) is 105 cm³/mol. The molecule has 3 aromatic rings. The SMILES string of the molecule is c1cc(-c2nccn2C[C@@H]2CCCN3CCCC[C@H]23)c2cccnc2c1. The smallest absolute Gasteiger partial charge is 0.140 e. The Hall–Kier alpha value is -2.20. The van der Waals surface area contributed by atoms with Crippen LogP contribution in [0.4, 0.5) is 0 Å². The molecule has 0 saturated carbocycles. The fourth-order valence-electron chi connectivity index (χ4n) is 5.04. The molecule has 0 unspecified atom stereocenters. The first kappa shape index (κ1) is 16.0. The Morgan fingerprint density at radius 3 is 2.88 bits per heavy atom. The lowest BCUT2D eigenvalue weighted by Crippen LogP contribution is -2.49. The molecule has 4 heterocycles. The Balaban J connectivity index is 1.47. The molecule has 1 aromatic carbocycles. The molecule has 2 aromatic heterocycles. The lowest BCUT2D eigenvalue weighted by molar-refractivity contribution is 0.0521. The van der Waals surface area contributed by atoms with E-state index < -0.39 is 0 Å². The summed E-state index contributed by atoms with van der Waals surface area (Å²) in [5.74, 6) is 1.82. The molecule has 2 fully saturated rings. The number of rotatable bonds is 3. The maximum atomic E-state index is 4.73. The Morgan fingerprint density at radius 2 is 1.88 bits per heavy atom. The van der Waals surface area contributed by atoms with Gasteiger partial charge in [-0.25, -0.2) is 4.98 Å². The van der Waals surface area contributed by atoms with Crippen LogP contribution in [0.15, 0.2) is 48.9 Å². The van der Waals surface area contributed by atoms with Crippen LogP contribution in [0.2, 0.25) is 0 Å². The molecule has 2 saturated heterocycles. The van der Waals surface area contributed by atoms with Crippen molar-refractivity contribution in [1.82, 2.24) is 19.4 Å². The predicted octanol–water partition coefficient (Wildman–Crippen LogP) is 4.36. The van der Waals surface area contributed by atoms with E-state index in [2.05, 4.69) is 44.9 Å². The van der Waals surface area contributed by atoms with Gasteiger partial charge >= 0.3 is 0 Å². The van der Waals surface area contributed by atoms with Gasteiger partial charge in [0.1, 0.15) is 5.82 Å². The number of nitrogens with zero attached hydrogens (tertiary/aromatic N) is 4. The highest BCUT2D eigenvalue weighted by molar-refractivity contribution is 5.92. The van der Waals surface area contributed by atoms with Gasteiger partial charge in [-0.3, -0.25) is 4.98 Å². The summed E-state index contributed by atoms with van der Waals surface area (Å²) in [4.78, 5) is 12.0. The van der Waals surface area contributed by atoms with E-state index in [1.165, 1.54) is 56.1 Å². The lowest BCUT2D eigenvalue weighted by atomic mass is 9.83. The normalized spacial score (nSPS) is 23.8. The van der Waals surface area contributed by atoms with E-state index in [-0.39, 0.29) is 0 Å². The van der Waals surface area contributed by atoms with Gasteiger partial charge in [0.2, 0.25) is 0 Å². The number of benzene rings is 1. The molecule has 0 bridgehead atoms. The first-order valence-electron chi connectivity index (χ1n) is 9.99. The van der Waals surface area contributed by atoms with Crippen molar-refractivity contribution in [2.75, 3.05) is 13.1 Å². The zero-order chi connectivity index (χ0) is 17.3. The standard InChI is InChI=1S/C22H26N4/c1-2-13-25-14-5-6-17(21(25)10-1)16-26-15-12-24-22(26)19-7-3-9-20-18(19)8-4-11-23-20/h3-4,7-9,11-12,15,17,21H,1-2,5-6,10,13-14,16H2/t17-,21+/m0/s1. The highest BCUT2D eigenvalue weighted by atomic mass is 15.2. The van der Waals surface area contributed by atoms with Crippen molar-refractivity contribution in [3.05, 3.63) is 48.9 Å². The van der Waals surface area contributed by atoms with E-state index in [0.29, 0.717) is 0 Å². The Kier molecular flexibility index (Phi) is 4.21. The third-order valence-electron chi connectivity index (χ3n) is 6.26. The number of hydrogen-bond acceptors (Lipinski definition) is 3. The van der Waals surface area contributed by atoms with Crippen molar-refractivity contribution in [3.63, 3.8) is 0 Å². The van der Waals surface area contributed by atoms with Crippen LogP contribution in [0.1, 0.15) is 32.1 Å². The Bertz CT molecular complexity index is 893. The van der Waals surface area contributed by atoms with E-state index in [0.717, 1.165) is 29.8 Å². The van der Waals surface area contributed by atoms with Crippen LogP contribution in [0.5, 0.6) is 0 Å². The van der Waals surface area contributed by atoms with E-state index in [1.807, 2.05) is 18.5 Å². The van der Waals surface area contributed by atoms with E-state index in [9.17, 15) is 0 Å². The van der Waals surface area contributed by atoms with Crippen molar-refractivity contribution in [2.45, 2.75) is 44.7 Å². The fourth-order valence-corrected chi connectivity index (χ4v) is 5.04. The third kappa shape index (κ3) is 2.82. The summed E-state index contributed by atoms with van der Waals surface area (Å²) < 4.78 is 2.38. The average molecular weight is 346 g/mol. The van der Waals surface area contributed by atoms with Gasteiger partial charge in [-0.1, -0.05) is 24.6 Å². The van der Waals surface area contributed by atoms with Crippen molar-refractivity contribution in [3.8, 4) is 11.4 Å². The van der Waals surface area contributed by atoms with Crippen LogP contribution in [-0.2, 0) is 6.54 Å². The fraction of sp³-hybridized carbons (Fsp3) is 0.455. The monoisotopic (exact) mass is 346 g/mol. The number of piperidine rings is 2. The number of pyridine rings is 1. The molecule has 0 radical (unpaired) electrons. The van der Waals surface area contributed by atoms with Crippen molar-refractivity contribution >= 4 is 10.9 Å². The van der Waals surface area contributed by atoms with Gasteiger partial charge in [0.05, 0.1) is 5.52 Å². The van der Waals surface area contributed by atoms with Crippen LogP contribution in [0.25, 0.3) is 22.3 Å². The molecule has 2 aliphatic heterocycles. The molecule has 4 heteroatoms. The van der Waals surface area contributed by atoms with Crippen molar-refractivity contribution in [2.24, 2.45) is 5.92 Å². The van der Waals surface area contributed by atoms with Gasteiger partial charge in [-0.15, -0.1) is 0 Å². The van der Waals surface area contributed by atoms with Gasteiger partial charge in [-0.2, -0.15) is 0 Å². The van der Waals surface area contributed by atoms with Crippen LogP contribution < -0.4 is 0 Å². The average Bonchev–Trinajstić information content (AvgIpc) is 3.16. The molecule has 26 heavy (non-hydrogen) atoms. The molecule has 2 atom stereocenters. The molecule has 2 aliphatic rings. The maximum Gasteiger partial charge on any atom is 0.140 e. The Labute approximate surface area is 154 Å². The minimum atomic E-state index is 0.741. The molecule has 5 rings (SSSR count). The van der Waals surface area contributed by atoms with E-state index in [1.54, 1.807) is 0 Å². The molecule has 0 spiro atoms. The molecule has 0 aliphatic carbocycles. The summed E-state index contributed by atoms with van der Waals surface area (Å²) in [5.41, 5.74) is 2.23. The highest BCUT2D eigenvalue weighted by Crippen LogP contribution is 2.33. The molecule has 0 N–H and O–H groups in total. The second kappa shape index (κ2) is 6.84. The molecular formula is C22H26N4. The zero-order valence-corrected chi connectivity index (χ0v) is 15.2. The van der Waals surface area contributed by atoms with Crippen LogP contribution in [-0.4, -0.2) is 38.6 Å². The van der Waals surface area contributed by atoms with Crippen LogP contribution in [0.3, 0.4) is 0 Å². The summed E-state index contributed by atoms with van der Waals surface area (Å²) in [6.45, 7) is 3.67. The van der Waals surface area contributed by atoms with Gasteiger partial charge < -0.3 is 9.47 Å². The van der Waals surface area contributed by atoms with Gasteiger partial charge in [-0.05, 0) is 56.8 Å². The summed E-state index contributed by atoms with van der Waals surface area (Å²) in [5, 5.41) is 1.19. The highest BCUT2D eigenvalue weighted by Gasteiger charge is 2.33. The second-order valence-electron chi connectivity index (χ2n) is 7.78. The lowest BCUT2D eigenvalue weighted by Gasteiger charge is -2.44. The third-order valence-corrected chi connectivity index (χ3v) is 6.26. The van der Waals surface area contributed by atoms with Crippen molar-refractivity contribution < 1.29 is 0 Å². The Morgan fingerprint density at radius 1 is 0.923 bits per heavy atom. The van der Waals surface area contributed by atoms with E-state index >= 15 is 0 Å². The molecule has 4 nitrogen and oxygen atoms in total. The summed E-state index contributed by atoms with van der Waals surface area (Å²) in [7, 11) is 0. The van der Waals surface area contributed by atoms with Gasteiger partial charge in [0, 0.05) is 42.1 Å². The first-order chi connectivity index (χ1) is 12.9. The van der Waals surface area contributed by atoms with E-state index in [4.69, 9.17) is 4.98 Å². The minimum absolute atomic E-state index is 0.741. The number of hydrogen-bond donors (Lipinski definition) is 0. The van der Waals surface area contributed by atoms with Crippen LogP contribution >= 0.6 is 0 Å². The maximum absolute atomic E-state index is 4.73. The second-order valence-corrected chi connectivity index (χ2v) is 7.78. The van der Waals surface area contributed by atoms with Crippen LogP contribution in [0, 0.1) is 5.92 Å². The van der Waals surface area contributed by atoms with Crippen molar-refractivity contribution in [1.29, 1.82) is 0 Å². The zero-order valence-electron chi connectivity index (χ0n) is 15.2. The number of fused-ring (bicyclic) bond motifs is 2. The van der Waals surface area contributed by atoms with Gasteiger partial charge in [0.15, 0.2) is 0 Å². The summed E-state index contributed by atoms with van der Waals surface area (Å²) in [6.07, 6.45) is 12.8.